The number of hydrogen-bond acceptors (Lipinski definition) is 3. The van der Waals surface area contributed by atoms with Crippen LogP contribution in [0, 0.1) is 0 Å². The first-order valence-corrected chi connectivity index (χ1v) is 1.22. The molecule has 24 valence electrons. The summed E-state index contributed by atoms with van der Waals surface area (Å²) in [5.41, 5.74) is 1.11. The standard InChI is InChI=1S/CH4N2S.Na/c2-3-1-4;/h1H,2H2,(H,3,4);/q;+1/p-1. The number of nitrogens with two attached hydrogens (primary N) is 1. The Balaban J connectivity index is 0. The van der Waals surface area contributed by atoms with E-state index in [1.165, 1.54) is 0 Å². The molecule has 2 nitrogen and oxygen atoms in total. The molecule has 0 bridgehead atoms. The number of nitrogens with zero attached hydrogens (tertiary/aromatic N) is 1. The molecule has 0 saturated heterocycles. The predicted octanol–water partition coefficient (Wildman–Crippen LogP) is -3.56. The summed E-state index contributed by atoms with van der Waals surface area (Å²) in [4.78, 5) is 0. The van der Waals surface area contributed by atoms with Crippen molar-refractivity contribution in [3.8, 4) is 0 Å². The minimum Gasteiger partial charge on any atom is -0.766 e. The van der Waals surface area contributed by atoms with E-state index in [-0.39, 0.29) is 29.6 Å². The normalized spacial score (nSPS) is 7.20. The zero-order valence-electron chi connectivity index (χ0n) is 3.01. The molecule has 5 heavy (non-hydrogen) atoms. The SMILES string of the molecule is NN=C[S-].[Na+]. The molecule has 0 unspecified atom stereocenters. The van der Waals surface area contributed by atoms with Crippen LogP contribution < -0.4 is 35.4 Å². The van der Waals surface area contributed by atoms with E-state index in [4.69, 9.17) is 0 Å². The maximum atomic E-state index is 4.49. The van der Waals surface area contributed by atoms with Crippen molar-refractivity contribution >= 4 is 18.2 Å². The second-order valence-corrected chi connectivity index (χ2v) is 0.465. The Kier molecular flexibility index (Phi) is 16.2. The molecule has 2 N–H and O–H groups in total. The van der Waals surface area contributed by atoms with Crippen LogP contribution in [0.2, 0.25) is 0 Å². The molecule has 0 fully saturated rings. The largest absolute Gasteiger partial charge is 1.00 e. The third kappa shape index (κ3) is 11.9. The monoisotopic (exact) mass is 98.0 g/mol. The van der Waals surface area contributed by atoms with Crippen molar-refractivity contribution < 1.29 is 29.6 Å². The van der Waals surface area contributed by atoms with Gasteiger partial charge < -0.3 is 18.5 Å². The van der Waals surface area contributed by atoms with Crippen molar-refractivity contribution in [3.63, 3.8) is 0 Å². The first-order chi connectivity index (χ1) is 1.91. The van der Waals surface area contributed by atoms with Gasteiger partial charge in [0.1, 0.15) is 0 Å². The van der Waals surface area contributed by atoms with Crippen molar-refractivity contribution in [2.24, 2.45) is 10.9 Å². The molecule has 0 radical (unpaired) electrons. The Morgan fingerprint density at radius 2 is 2.00 bits per heavy atom. The minimum atomic E-state index is 0. The van der Waals surface area contributed by atoms with Crippen molar-refractivity contribution in [3.05, 3.63) is 0 Å². The fourth-order valence-electron chi connectivity index (χ4n) is 0. The predicted molar refractivity (Wildman–Crippen MR) is 20.0 cm³/mol. The molecular formula is CH3N2NaS. The van der Waals surface area contributed by atoms with E-state index in [1.54, 1.807) is 0 Å². The average molecular weight is 98.1 g/mol. The van der Waals surface area contributed by atoms with Crippen LogP contribution in [0.15, 0.2) is 5.10 Å². The van der Waals surface area contributed by atoms with Crippen molar-refractivity contribution in [1.82, 2.24) is 0 Å². The van der Waals surface area contributed by atoms with Gasteiger partial charge in [0.25, 0.3) is 0 Å². The van der Waals surface area contributed by atoms with Crippen LogP contribution in [0.4, 0.5) is 0 Å². The molecule has 0 atom stereocenters. The summed E-state index contributed by atoms with van der Waals surface area (Å²) < 4.78 is 0. The molecular weight excluding hydrogens is 95.1 g/mol. The van der Waals surface area contributed by atoms with Gasteiger partial charge in [-0.25, -0.2) is 5.10 Å². The third-order valence-corrected chi connectivity index (χ3v) is 0.183. The molecule has 0 aromatic heterocycles. The summed E-state index contributed by atoms with van der Waals surface area (Å²) in [6.07, 6.45) is 0. The molecule has 0 aromatic carbocycles. The van der Waals surface area contributed by atoms with Gasteiger partial charge in [-0.1, -0.05) is 0 Å². The van der Waals surface area contributed by atoms with E-state index >= 15 is 0 Å². The van der Waals surface area contributed by atoms with Crippen LogP contribution in [-0.4, -0.2) is 5.55 Å². The van der Waals surface area contributed by atoms with Gasteiger partial charge in [0.05, 0.1) is 0 Å². The van der Waals surface area contributed by atoms with Crippen LogP contribution in [0.5, 0.6) is 0 Å². The summed E-state index contributed by atoms with van der Waals surface area (Å²) >= 11 is 4.14. The Morgan fingerprint density at radius 3 is 2.00 bits per heavy atom. The second-order valence-electron chi connectivity index (χ2n) is 0.254. The average Bonchev–Trinajstić information content (AvgIpc) is 1.37. The molecule has 0 heterocycles. The van der Waals surface area contributed by atoms with Gasteiger partial charge in [0, 0.05) is 0 Å². The Bertz CT molecular complexity index is 24.8. The fraction of sp³-hybridized carbons (Fsp3) is 0. The molecule has 0 spiro atoms. The van der Waals surface area contributed by atoms with Crippen molar-refractivity contribution in [2.75, 3.05) is 0 Å². The zero-order chi connectivity index (χ0) is 3.41. The van der Waals surface area contributed by atoms with E-state index in [0.29, 0.717) is 0 Å². The van der Waals surface area contributed by atoms with E-state index < -0.39 is 0 Å². The van der Waals surface area contributed by atoms with Gasteiger partial charge in [0.2, 0.25) is 0 Å². The van der Waals surface area contributed by atoms with Gasteiger partial charge in [-0.2, -0.15) is 0 Å². The molecule has 0 aliphatic rings. The van der Waals surface area contributed by atoms with Gasteiger partial charge >= 0.3 is 29.6 Å². The molecule has 0 aliphatic carbocycles. The first kappa shape index (κ1) is 9.19. The summed E-state index contributed by atoms with van der Waals surface area (Å²) in [5.74, 6) is 4.49. The van der Waals surface area contributed by atoms with Crippen molar-refractivity contribution in [1.29, 1.82) is 0 Å². The van der Waals surface area contributed by atoms with Gasteiger partial charge in [-0.3, -0.25) is 0 Å². The topological polar surface area (TPSA) is 38.4 Å². The van der Waals surface area contributed by atoms with Crippen LogP contribution in [-0.2, 0) is 12.6 Å². The molecule has 0 saturated carbocycles. The molecule has 0 rings (SSSR count). The Morgan fingerprint density at radius 1 is 1.80 bits per heavy atom. The van der Waals surface area contributed by atoms with Crippen LogP contribution >= 0.6 is 0 Å². The maximum Gasteiger partial charge on any atom is 1.00 e. The fourth-order valence-corrected chi connectivity index (χ4v) is 0. The maximum absolute atomic E-state index is 4.49. The summed E-state index contributed by atoms with van der Waals surface area (Å²) in [6, 6.07) is 0. The third-order valence-electron chi connectivity index (χ3n) is 0.0609. The first-order valence-electron chi connectivity index (χ1n) is 0.752. The van der Waals surface area contributed by atoms with Crippen LogP contribution in [0.1, 0.15) is 0 Å². The van der Waals surface area contributed by atoms with Crippen LogP contribution in [0.3, 0.4) is 0 Å². The Labute approximate surface area is 58.5 Å². The van der Waals surface area contributed by atoms with E-state index in [0.717, 1.165) is 5.55 Å². The second kappa shape index (κ2) is 8.83. The molecule has 0 aromatic rings. The Hall–Kier alpha value is 0.690. The minimum absolute atomic E-state index is 0. The van der Waals surface area contributed by atoms with E-state index in [9.17, 15) is 0 Å². The molecule has 0 amide bonds. The van der Waals surface area contributed by atoms with Crippen LogP contribution in [0.25, 0.3) is 0 Å². The van der Waals surface area contributed by atoms with Crippen molar-refractivity contribution in [2.45, 2.75) is 0 Å². The summed E-state index contributed by atoms with van der Waals surface area (Å²) in [5, 5.41) is 2.93. The zero-order valence-corrected chi connectivity index (χ0v) is 5.83. The molecule has 0 aliphatic heterocycles. The van der Waals surface area contributed by atoms with E-state index in [2.05, 4.69) is 23.6 Å². The van der Waals surface area contributed by atoms with E-state index in [1.807, 2.05) is 0 Å². The number of hydrazone groups is 1. The number of hydrogen-bond donors (Lipinski definition) is 1. The summed E-state index contributed by atoms with van der Waals surface area (Å²) in [7, 11) is 0. The summed E-state index contributed by atoms with van der Waals surface area (Å²) in [6.45, 7) is 0. The van der Waals surface area contributed by atoms with Gasteiger partial charge in [0.15, 0.2) is 0 Å². The van der Waals surface area contributed by atoms with Gasteiger partial charge in [-0.05, 0) is 0 Å². The van der Waals surface area contributed by atoms with Gasteiger partial charge in [-0.15, -0.1) is 5.55 Å². The quantitative estimate of drug-likeness (QED) is 0.0850. The molecule has 4 heteroatoms. The smallest absolute Gasteiger partial charge is 0.766 e. The number of rotatable bonds is 0.